The van der Waals surface area contributed by atoms with E-state index in [1.54, 1.807) is 4.90 Å². The molecule has 1 saturated heterocycles. The summed E-state index contributed by atoms with van der Waals surface area (Å²) in [6, 6.07) is 7.29. The van der Waals surface area contributed by atoms with Gasteiger partial charge in [-0.05, 0) is 31.1 Å². The highest BCUT2D eigenvalue weighted by Gasteiger charge is 2.33. The zero-order chi connectivity index (χ0) is 14.8. The molecule has 1 unspecified atom stereocenters. The van der Waals surface area contributed by atoms with Crippen LogP contribution >= 0.6 is 11.3 Å². The Bertz CT molecular complexity index is 677. The van der Waals surface area contributed by atoms with Crippen LogP contribution in [0.5, 0.6) is 0 Å². The third-order valence-corrected chi connectivity index (χ3v) is 4.49. The van der Waals surface area contributed by atoms with Gasteiger partial charge in [0.2, 0.25) is 11.8 Å². The van der Waals surface area contributed by atoms with E-state index >= 15 is 0 Å². The van der Waals surface area contributed by atoms with E-state index in [2.05, 4.69) is 16.9 Å². The number of aromatic nitrogens is 1. The minimum Gasteiger partial charge on any atom is -0.327 e. The second kappa shape index (κ2) is 5.65. The Kier molecular flexibility index (Phi) is 3.70. The number of thiazole rings is 1. The van der Waals surface area contributed by atoms with E-state index in [1.165, 1.54) is 17.4 Å². The molecule has 1 atom stereocenters. The fourth-order valence-corrected chi connectivity index (χ4v) is 3.40. The molecule has 0 spiro atoms. The van der Waals surface area contributed by atoms with E-state index in [1.807, 2.05) is 24.3 Å². The molecular weight excluding hydrogens is 286 g/mol. The smallest absolute Gasteiger partial charge is 0.248 e. The first-order valence-corrected chi connectivity index (χ1v) is 7.60. The molecule has 0 radical (unpaired) electrons. The van der Waals surface area contributed by atoms with Crippen LogP contribution in [-0.4, -0.2) is 34.3 Å². The lowest BCUT2D eigenvalue weighted by molar-refractivity contribution is -0.132. The number of nitrogens with zero attached hydrogens (tertiary/aromatic N) is 2. The predicted molar refractivity (Wildman–Crippen MR) is 83.2 cm³/mol. The first-order chi connectivity index (χ1) is 10.2. The van der Waals surface area contributed by atoms with Crippen molar-refractivity contribution in [1.29, 1.82) is 0 Å². The molecule has 1 N–H and O–H groups in total. The van der Waals surface area contributed by atoms with Gasteiger partial charge in [0, 0.05) is 6.54 Å². The van der Waals surface area contributed by atoms with Gasteiger partial charge in [-0.2, -0.15) is 0 Å². The first-order valence-electron chi connectivity index (χ1n) is 6.78. The second-order valence-corrected chi connectivity index (χ2v) is 5.90. The minimum absolute atomic E-state index is 0.179. The van der Waals surface area contributed by atoms with Gasteiger partial charge in [0.1, 0.15) is 6.04 Å². The van der Waals surface area contributed by atoms with Crippen LogP contribution in [0.3, 0.4) is 0 Å². The fraction of sp³-hybridized carbons (Fsp3) is 0.267. The quantitative estimate of drug-likeness (QED) is 0.886. The summed E-state index contributed by atoms with van der Waals surface area (Å²) in [5.74, 6) is -0.376. The lowest BCUT2D eigenvalue weighted by Gasteiger charge is -2.21. The van der Waals surface area contributed by atoms with Crippen LogP contribution in [0.1, 0.15) is 12.8 Å². The number of anilines is 1. The average molecular weight is 301 g/mol. The highest BCUT2D eigenvalue weighted by molar-refractivity contribution is 7.22. The Morgan fingerprint density at radius 3 is 3.00 bits per heavy atom. The van der Waals surface area contributed by atoms with Crippen molar-refractivity contribution in [2.75, 3.05) is 11.9 Å². The molecule has 2 aromatic rings. The number of amides is 2. The van der Waals surface area contributed by atoms with Gasteiger partial charge in [-0.15, -0.1) is 0 Å². The number of carbonyl (C=O) groups excluding carboxylic acids is 2. The van der Waals surface area contributed by atoms with Gasteiger partial charge in [-0.3, -0.25) is 9.59 Å². The van der Waals surface area contributed by atoms with Gasteiger partial charge >= 0.3 is 0 Å². The molecule has 0 aliphatic carbocycles. The molecule has 108 valence electrons. The highest BCUT2D eigenvalue weighted by Crippen LogP contribution is 2.26. The summed E-state index contributed by atoms with van der Waals surface area (Å²) >= 11 is 1.43. The van der Waals surface area contributed by atoms with Crippen molar-refractivity contribution in [3.05, 3.63) is 36.9 Å². The van der Waals surface area contributed by atoms with E-state index in [4.69, 9.17) is 0 Å². The van der Waals surface area contributed by atoms with Crippen molar-refractivity contribution in [2.45, 2.75) is 18.9 Å². The number of fused-ring (bicyclic) bond motifs is 1. The molecular formula is C15H15N3O2S. The van der Waals surface area contributed by atoms with Crippen LogP contribution in [0.25, 0.3) is 10.2 Å². The lowest BCUT2D eigenvalue weighted by atomic mass is 10.2. The number of benzene rings is 1. The monoisotopic (exact) mass is 301 g/mol. The van der Waals surface area contributed by atoms with Crippen molar-refractivity contribution in [2.24, 2.45) is 0 Å². The molecule has 21 heavy (non-hydrogen) atoms. The van der Waals surface area contributed by atoms with Crippen molar-refractivity contribution < 1.29 is 9.59 Å². The summed E-state index contributed by atoms with van der Waals surface area (Å²) in [4.78, 5) is 30.0. The summed E-state index contributed by atoms with van der Waals surface area (Å²) in [6.45, 7) is 4.08. The first kappa shape index (κ1) is 13.8. The summed E-state index contributed by atoms with van der Waals surface area (Å²) in [6.07, 6.45) is 2.76. The molecule has 1 aliphatic rings. The standard InChI is InChI=1S/C15H15N3O2S/c1-2-13(19)18-9-5-7-11(18)14(20)17-15-16-10-6-3-4-8-12(10)21-15/h2-4,6,8,11H,1,5,7,9H2,(H,16,17,20). The molecule has 5 nitrogen and oxygen atoms in total. The van der Waals surface area contributed by atoms with Crippen LogP contribution in [0.2, 0.25) is 0 Å². The number of likely N-dealkylation sites (tertiary alicyclic amines) is 1. The zero-order valence-electron chi connectivity index (χ0n) is 11.4. The molecule has 0 saturated carbocycles. The van der Waals surface area contributed by atoms with E-state index in [0.29, 0.717) is 18.1 Å². The Hall–Kier alpha value is -2.21. The molecule has 1 aromatic heterocycles. The van der Waals surface area contributed by atoms with Crippen molar-refractivity contribution in [3.8, 4) is 0 Å². The lowest BCUT2D eigenvalue weighted by Crippen LogP contribution is -2.42. The molecule has 2 heterocycles. The van der Waals surface area contributed by atoms with Crippen LogP contribution < -0.4 is 5.32 Å². The zero-order valence-corrected chi connectivity index (χ0v) is 12.2. The summed E-state index contributed by atoms with van der Waals surface area (Å²) in [5.41, 5.74) is 0.864. The van der Waals surface area contributed by atoms with Crippen molar-refractivity contribution in [1.82, 2.24) is 9.88 Å². The number of hydrogen-bond acceptors (Lipinski definition) is 4. The Labute approximate surface area is 126 Å². The molecule has 1 aliphatic heterocycles. The van der Waals surface area contributed by atoms with E-state index in [0.717, 1.165) is 16.6 Å². The van der Waals surface area contributed by atoms with E-state index < -0.39 is 6.04 Å². The van der Waals surface area contributed by atoms with Crippen molar-refractivity contribution in [3.63, 3.8) is 0 Å². The summed E-state index contributed by atoms with van der Waals surface area (Å²) < 4.78 is 1.03. The third kappa shape index (κ3) is 2.67. The van der Waals surface area contributed by atoms with Gasteiger partial charge in [0.05, 0.1) is 10.2 Å². The van der Waals surface area contributed by atoms with E-state index in [-0.39, 0.29) is 11.8 Å². The van der Waals surface area contributed by atoms with Crippen LogP contribution in [0.4, 0.5) is 5.13 Å². The highest BCUT2D eigenvalue weighted by atomic mass is 32.1. The van der Waals surface area contributed by atoms with Crippen LogP contribution in [0.15, 0.2) is 36.9 Å². The Balaban J connectivity index is 1.76. The number of carbonyl (C=O) groups is 2. The number of nitrogens with one attached hydrogen (secondary N) is 1. The number of rotatable bonds is 3. The van der Waals surface area contributed by atoms with Gasteiger partial charge < -0.3 is 10.2 Å². The maximum absolute atomic E-state index is 12.3. The largest absolute Gasteiger partial charge is 0.327 e. The van der Waals surface area contributed by atoms with E-state index in [9.17, 15) is 9.59 Å². The molecule has 0 bridgehead atoms. The second-order valence-electron chi connectivity index (χ2n) is 4.87. The summed E-state index contributed by atoms with van der Waals surface area (Å²) in [5, 5.41) is 3.39. The maximum atomic E-state index is 12.3. The van der Waals surface area contributed by atoms with Crippen molar-refractivity contribution >= 4 is 38.5 Å². The molecule has 6 heteroatoms. The van der Waals surface area contributed by atoms with Gasteiger partial charge in [0.15, 0.2) is 5.13 Å². The predicted octanol–water partition coefficient (Wildman–Crippen LogP) is 2.41. The minimum atomic E-state index is -0.428. The van der Waals surface area contributed by atoms with Gasteiger partial charge in [-0.25, -0.2) is 4.98 Å². The van der Waals surface area contributed by atoms with Crippen LogP contribution in [0, 0.1) is 0 Å². The summed E-state index contributed by atoms with van der Waals surface area (Å²) in [7, 11) is 0. The van der Waals surface area contributed by atoms with Crippen LogP contribution in [-0.2, 0) is 9.59 Å². The normalized spacial score (nSPS) is 17.9. The number of hydrogen-bond donors (Lipinski definition) is 1. The average Bonchev–Trinajstić information content (AvgIpc) is 3.12. The Morgan fingerprint density at radius 2 is 2.24 bits per heavy atom. The van der Waals surface area contributed by atoms with Gasteiger partial charge in [-0.1, -0.05) is 30.0 Å². The maximum Gasteiger partial charge on any atom is 0.248 e. The fourth-order valence-electron chi connectivity index (χ4n) is 2.53. The Morgan fingerprint density at radius 1 is 1.43 bits per heavy atom. The van der Waals surface area contributed by atoms with Gasteiger partial charge in [0.25, 0.3) is 0 Å². The molecule has 1 aromatic carbocycles. The third-order valence-electron chi connectivity index (χ3n) is 3.54. The number of para-hydroxylation sites is 1. The molecule has 1 fully saturated rings. The SMILES string of the molecule is C=CC(=O)N1CCCC1C(=O)Nc1nc2ccccc2s1. The molecule has 2 amide bonds. The molecule has 3 rings (SSSR count). The topological polar surface area (TPSA) is 62.3 Å².